The summed E-state index contributed by atoms with van der Waals surface area (Å²) < 4.78 is 40.6. The molecular weight excluding hydrogens is 483 g/mol. The lowest BCUT2D eigenvalue weighted by Crippen LogP contribution is -2.23. The van der Waals surface area contributed by atoms with Gasteiger partial charge in [0.15, 0.2) is 11.0 Å². The molecule has 5 nitrogen and oxygen atoms in total. The molecule has 188 valence electrons. The van der Waals surface area contributed by atoms with Crippen LogP contribution in [-0.2, 0) is 19.6 Å². The molecule has 2 fully saturated rings. The minimum absolute atomic E-state index is 0.244. The first kappa shape index (κ1) is 24.8. The zero-order valence-electron chi connectivity index (χ0n) is 20.1. The van der Waals surface area contributed by atoms with Crippen LogP contribution in [0.15, 0.2) is 53.7 Å². The lowest BCUT2D eigenvalue weighted by molar-refractivity contribution is -0.137. The normalized spacial score (nSPS) is 21.7. The van der Waals surface area contributed by atoms with Gasteiger partial charge in [-0.2, -0.15) is 18.4 Å². The number of thioether (sulfide) groups is 1. The number of nitriles is 1. The zero-order valence-corrected chi connectivity index (χ0v) is 20.9. The number of alkyl halides is 3. The Morgan fingerprint density at radius 3 is 2.56 bits per heavy atom. The highest BCUT2D eigenvalue weighted by atomic mass is 32.2. The summed E-state index contributed by atoms with van der Waals surface area (Å²) in [7, 11) is 1.97. The first-order valence-corrected chi connectivity index (χ1v) is 13.2. The van der Waals surface area contributed by atoms with E-state index in [4.69, 9.17) is 5.26 Å². The molecule has 2 unspecified atom stereocenters. The summed E-state index contributed by atoms with van der Waals surface area (Å²) in [5.41, 5.74) is 2.67. The Morgan fingerprint density at radius 2 is 1.86 bits per heavy atom. The van der Waals surface area contributed by atoms with Gasteiger partial charge in [0, 0.05) is 24.9 Å². The highest BCUT2D eigenvalue weighted by molar-refractivity contribution is 7.99. The molecule has 2 aliphatic rings. The highest BCUT2D eigenvalue weighted by Gasteiger charge is 2.57. The third-order valence-corrected chi connectivity index (χ3v) is 8.58. The lowest BCUT2D eigenvalue weighted by Gasteiger charge is -2.16. The summed E-state index contributed by atoms with van der Waals surface area (Å²) in [6, 6.07) is 15.8. The second kappa shape index (κ2) is 9.91. The molecule has 3 aromatic rings. The fourth-order valence-electron chi connectivity index (χ4n) is 5.36. The van der Waals surface area contributed by atoms with E-state index in [0.717, 1.165) is 72.3 Å². The van der Waals surface area contributed by atoms with Gasteiger partial charge >= 0.3 is 6.18 Å². The molecule has 0 N–H and O–H groups in total. The number of halogens is 3. The first-order chi connectivity index (χ1) is 17.3. The molecule has 9 heteroatoms. The van der Waals surface area contributed by atoms with Crippen LogP contribution in [-0.4, -0.2) is 45.1 Å². The number of aromatic nitrogens is 3. The second-order valence-corrected chi connectivity index (χ2v) is 10.9. The SMILES string of the molecule is Cn1c(SCCCN2CCC3(CC3c3ccc(C(F)(F)F)cc3)C2)nnc1-c1ccc(CC#N)cc1. The minimum atomic E-state index is -4.28. The third-order valence-electron chi connectivity index (χ3n) is 7.47. The highest BCUT2D eigenvalue weighted by Crippen LogP contribution is 2.64. The Morgan fingerprint density at radius 1 is 1.11 bits per heavy atom. The average molecular weight is 512 g/mol. The van der Waals surface area contributed by atoms with E-state index in [-0.39, 0.29) is 5.41 Å². The minimum Gasteiger partial charge on any atom is -0.305 e. The fraction of sp³-hybridized carbons (Fsp3) is 0.444. The zero-order chi connectivity index (χ0) is 25.3. The molecule has 1 aromatic heterocycles. The summed E-state index contributed by atoms with van der Waals surface area (Å²) >= 11 is 1.70. The Hall–Kier alpha value is -2.83. The number of hydrogen-bond donors (Lipinski definition) is 0. The molecule has 1 spiro atoms. The van der Waals surface area contributed by atoms with Crippen molar-refractivity contribution in [2.45, 2.75) is 42.9 Å². The van der Waals surface area contributed by atoms with Crippen LogP contribution in [0.4, 0.5) is 13.2 Å². The smallest absolute Gasteiger partial charge is 0.305 e. The number of hydrogen-bond acceptors (Lipinski definition) is 5. The van der Waals surface area contributed by atoms with Crippen LogP contribution in [0.3, 0.4) is 0 Å². The van der Waals surface area contributed by atoms with E-state index in [1.54, 1.807) is 23.9 Å². The third kappa shape index (κ3) is 5.16. The number of rotatable bonds is 8. The van der Waals surface area contributed by atoms with E-state index >= 15 is 0 Å². The predicted octanol–water partition coefficient (Wildman–Crippen LogP) is 5.93. The molecule has 2 aromatic carbocycles. The van der Waals surface area contributed by atoms with E-state index in [1.165, 1.54) is 12.1 Å². The van der Waals surface area contributed by atoms with Crippen molar-refractivity contribution in [1.29, 1.82) is 5.26 Å². The summed E-state index contributed by atoms with van der Waals surface area (Å²) in [5, 5.41) is 18.4. The predicted molar refractivity (Wildman–Crippen MR) is 133 cm³/mol. The van der Waals surface area contributed by atoms with Crippen molar-refractivity contribution >= 4 is 11.8 Å². The standard InChI is InChI=1S/C27H28F3N5S/c1-34-24(21-5-3-19(4-6-21)11-13-31)32-33-25(34)36-16-2-14-35-15-12-26(18-35)17-23(26)20-7-9-22(10-8-20)27(28,29)30/h3-10,23H,2,11-12,14-18H2,1H3. The van der Waals surface area contributed by atoms with Crippen molar-refractivity contribution in [2.75, 3.05) is 25.4 Å². The van der Waals surface area contributed by atoms with E-state index in [9.17, 15) is 13.2 Å². The van der Waals surface area contributed by atoms with Gasteiger partial charge in [0.05, 0.1) is 18.1 Å². The van der Waals surface area contributed by atoms with E-state index in [0.29, 0.717) is 12.3 Å². The van der Waals surface area contributed by atoms with Gasteiger partial charge in [-0.3, -0.25) is 0 Å². The van der Waals surface area contributed by atoms with Gasteiger partial charge in [-0.05, 0) is 66.9 Å². The van der Waals surface area contributed by atoms with E-state index < -0.39 is 11.7 Å². The lowest BCUT2D eigenvalue weighted by atomic mass is 9.97. The average Bonchev–Trinajstić information content (AvgIpc) is 3.21. The fourth-order valence-corrected chi connectivity index (χ4v) is 6.19. The maximum absolute atomic E-state index is 12.9. The van der Waals surface area contributed by atoms with Gasteiger partial charge in [-0.25, -0.2) is 0 Å². The first-order valence-electron chi connectivity index (χ1n) is 12.2. The molecule has 1 aliphatic heterocycles. The molecule has 1 aliphatic carbocycles. The van der Waals surface area contributed by atoms with Crippen molar-refractivity contribution in [3.05, 3.63) is 65.2 Å². The van der Waals surface area contributed by atoms with Gasteiger partial charge in [0.25, 0.3) is 0 Å². The van der Waals surface area contributed by atoms with Gasteiger partial charge < -0.3 is 9.47 Å². The van der Waals surface area contributed by atoms with Crippen molar-refractivity contribution in [1.82, 2.24) is 19.7 Å². The molecule has 36 heavy (non-hydrogen) atoms. The Bertz CT molecular complexity index is 1250. The Balaban J connectivity index is 1.08. The molecule has 2 heterocycles. The van der Waals surface area contributed by atoms with Crippen LogP contribution in [0.1, 0.15) is 41.9 Å². The van der Waals surface area contributed by atoms with Crippen molar-refractivity contribution < 1.29 is 13.2 Å². The summed E-state index contributed by atoms with van der Waals surface area (Å²) in [4.78, 5) is 2.50. The molecule has 2 atom stereocenters. The van der Waals surface area contributed by atoms with Crippen LogP contribution < -0.4 is 0 Å². The van der Waals surface area contributed by atoms with E-state index in [2.05, 4.69) is 21.2 Å². The van der Waals surface area contributed by atoms with Crippen LogP contribution in [0.5, 0.6) is 0 Å². The number of nitrogens with zero attached hydrogens (tertiary/aromatic N) is 5. The number of likely N-dealkylation sites (tertiary alicyclic amines) is 1. The molecule has 0 bridgehead atoms. The van der Waals surface area contributed by atoms with Crippen molar-refractivity contribution in [3.63, 3.8) is 0 Å². The van der Waals surface area contributed by atoms with Gasteiger partial charge in [-0.1, -0.05) is 48.2 Å². The maximum Gasteiger partial charge on any atom is 0.416 e. The Labute approximate surface area is 213 Å². The number of benzene rings is 2. The summed E-state index contributed by atoms with van der Waals surface area (Å²) in [6.07, 6.45) is -0.655. The molecule has 0 radical (unpaired) electrons. The van der Waals surface area contributed by atoms with E-state index in [1.807, 2.05) is 35.9 Å². The molecule has 1 saturated carbocycles. The van der Waals surface area contributed by atoms with Crippen LogP contribution in [0.2, 0.25) is 0 Å². The van der Waals surface area contributed by atoms with Gasteiger partial charge in [0.1, 0.15) is 0 Å². The summed E-state index contributed by atoms with van der Waals surface area (Å²) in [6.45, 7) is 3.09. The Kier molecular flexibility index (Phi) is 6.84. The topological polar surface area (TPSA) is 57.7 Å². The molecule has 0 amide bonds. The monoisotopic (exact) mass is 511 g/mol. The summed E-state index contributed by atoms with van der Waals surface area (Å²) in [5.74, 6) is 2.13. The quantitative estimate of drug-likeness (QED) is 0.277. The second-order valence-electron chi connectivity index (χ2n) is 9.86. The molecule has 5 rings (SSSR count). The van der Waals surface area contributed by atoms with Gasteiger partial charge in [-0.15, -0.1) is 10.2 Å². The largest absolute Gasteiger partial charge is 0.416 e. The van der Waals surface area contributed by atoms with Crippen LogP contribution >= 0.6 is 11.8 Å². The van der Waals surface area contributed by atoms with Crippen molar-refractivity contribution in [2.24, 2.45) is 12.5 Å². The maximum atomic E-state index is 12.9. The molecular formula is C27H28F3N5S. The van der Waals surface area contributed by atoms with Crippen LogP contribution in [0.25, 0.3) is 11.4 Å². The van der Waals surface area contributed by atoms with Gasteiger partial charge in [0.2, 0.25) is 0 Å². The van der Waals surface area contributed by atoms with Crippen LogP contribution in [0, 0.1) is 16.7 Å². The van der Waals surface area contributed by atoms with Crippen molar-refractivity contribution in [3.8, 4) is 17.5 Å². The molecule has 1 saturated heterocycles.